The topological polar surface area (TPSA) is 38.3 Å². The minimum atomic E-state index is -0.468. The normalized spacial score (nSPS) is 22.4. The lowest BCUT2D eigenvalue weighted by atomic mass is 10.1. The minimum Gasteiger partial charge on any atom is -0.444 e. The van der Waals surface area contributed by atoms with Crippen molar-refractivity contribution >= 4 is 22.0 Å². The fourth-order valence-electron chi connectivity index (χ4n) is 2.15. The highest BCUT2D eigenvalue weighted by Gasteiger charge is 2.32. The Labute approximate surface area is 116 Å². The lowest BCUT2D eigenvalue weighted by Gasteiger charge is -2.23. The summed E-state index contributed by atoms with van der Waals surface area (Å²) in [5, 5.41) is 2.93. The zero-order valence-corrected chi connectivity index (χ0v) is 12.5. The number of alkyl carbamates (subject to hydrolysis) is 1. The Balaban J connectivity index is 2.08. The van der Waals surface area contributed by atoms with E-state index in [1.54, 1.807) is 0 Å². The van der Waals surface area contributed by atoms with Gasteiger partial charge in [0.2, 0.25) is 0 Å². The molecule has 0 spiro atoms. The molecular weight excluding hydrogens is 294 g/mol. The van der Waals surface area contributed by atoms with Crippen LogP contribution in [0.3, 0.4) is 0 Å². The SMILES string of the molecule is CC(C)(C)OC(=O)NC1c2ccccc2CC1Br. The molecule has 1 aromatic rings. The Morgan fingerprint density at radius 3 is 2.72 bits per heavy atom. The number of alkyl halides is 1. The monoisotopic (exact) mass is 311 g/mol. The first kappa shape index (κ1) is 13.4. The molecular formula is C14H18BrNO2. The molecule has 1 N–H and O–H groups in total. The van der Waals surface area contributed by atoms with Crippen LogP contribution in [-0.2, 0) is 11.2 Å². The highest BCUT2D eigenvalue weighted by atomic mass is 79.9. The van der Waals surface area contributed by atoms with Crippen LogP contribution in [0.25, 0.3) is 0 Å². The molecule has 2 atom stereocenters. The number of hydrogen-bond donors (Lipinski definition) is 1. The molecule has 0 aromatic heterocycles. The molecule has 98 valence electrons. The molecule has 0 saturated carbocycles. The van der Waals surface area contributed by atoms with Crippen LogP contribution < -0.4 is 5.32 Å². The number of carbonyl (C=O) groups excluding carboxylic acids is 1. The van der Waals surface area contributed by atoms with Gasteiger partial charge < -0.3 is 10.1 Å². The maximum atomic E-state index is 11.8. The van der Waals surface area contributed by atoms with Crippen molar-refractivity contribution in [1.29, 1.82) is 0 Å². The van der Waals surface area contributed by atoms with Crippen molar-refractivity contribution in [3.63, 3.8) is 0 Å². The molecule has 1 aliphatic carbocycles. The summed E-state index contributed by atoms with van der Waals surface area (Å²) in [6.45, 7) is 5.59. The van der Waals surface area contributed by atoms with Gasteiger partial charge in [0.05, 0.1) is 6.04 Å². The van der Waals surface area contributed by atoms with E-state index in [9.17, 15) is 4.79 Å². The first-order valence-electron chi connectivity index (χ1n) is 6.08. The van der Waals surface area contributed by atoms with Gasteiger partial charge in [0.25, 0.3) is 0 Å². The van der Waals surface area contributed by atoms with Gasteiger partial charge in [-0.05, 0) is 38.3 Å². The van der Waals surface area contributed by atoms with E-state index in [0.717, 1.165) is 6.42 Å². The Morgan fingerprint density at radius 2 is 2.06 bits per heavy atom. The first-order chi connectivity index (χ1) is 8.37. The summed E-state index contributed by atoms with van der Waals surface area (Å²) in [5.74, 6) is 0. The molecule has 0 aliphatic heterocycles. The van der Waals surface area contributed by atoms with Crippen LogP contribution in [0.1, 0.15) is 37.9 Å². The number of amides is 1. The van der Waals surface area contributed by atoms with E-state index < -0.39 is 5.60 Å². The standard InChI is InChI=1S/C14H18BrNO2/c1-14(2,3)18-13(17)16-12-10-7-5-4-6-9(10)8-11(12)15/h4-7,11-12H,8H2,1-3H3,(H,16,17). The third-order valence-electron chi connectivity index (χ3n) is 2.84. The quantitative estimate of drug-likeness (QED) is 0.805. The van der Waals surface area contributed by atoms with Crippen molar-refractivity contribution < 1.29 is 9.53 Å². The molecule has 1 aromatic carbocycles. The third-order valence-corrected chi connectivity index (χ3v) is 3.69. The van der Waals surface area contributed by atoms with Crippen LogP contribution in [0.2, 0.25) is 0 Å². The molecule has 1 amide bonds. The minimum absolute atomic E-state index is 0.0175. The van der Waals surface area contributed by atoms with E-state index in [4.69, 9.17) is 4.74 Å². The number of hydrogen-bond acceptors (Lipinski definition) is 2. The summed E-state index contributed by atoms with van der Waals surface area (Å²) < 4.78 is 5.29. The van der Waals surface area contributed by atoms with Crippen molar-refractivity contribution in [2.75, 3.05) is 0 Å². The molecule has 18 heavy (non-hydrogen) atoms. The van der Waals surface area contributed by atoms with Gasteiger partial charge in [0.15, 0.2) is 0 Å². The predicted octanol–water partition coefficient (Wildman–Crippen LogP) is 3.57. The maximum absolute atomic E-state index is 11.8. The summed E-state index contributed by atoms with van der Waals surface area (Å²) in [6, 6.07) is 8.15. The molecule has 4 heteroatoms. The lowest BCUT2D eigenvalue weighted by molar-refractivity contribution is 0.0505. The van der Waals surface area contributed by atoms with Gasteiger partial charge in [0, 0.05) is 4.83 Å². The summed E-state index contributed by atoms with van der Waals surface area (Å²) in [7, 11) is 0. The second-order valence-corrected chi connectivity index (χ2v) is 6.72. The first-order valence-corrected chi connectivity index (χ1v) is 7.00. The van der Waals surface area contributed by atoms with Gasteiger partial charge in [-0.1, -0.05) is 40.2 Å². The number of ether oxygens (including phenoxy) is 1. The average molecular weight is 312 g/mol. The second kappa shape index (κ2) is 4.92. The maximum Gasteiger partial charge on any atom is 0.408 e. The summed E-state index contributed by atoms with van der Waals surface area (Å²) in [6.07, 6.45) is 0.560. The van der Waals surface area contributed by atoms with E-state index >= 15 is 0 Å². The van der Waals surface area contributed by atoms with Gasteiger partial charge in [-0.25, -0.2) is 4.79 Å². The Morgan fingerprint density at radius 1 is 1.39 bits per heavy atom. The van der Waals surface area contributed by atoms with E-state index in [1.165, 1.54) is 11.1 Å². The highest BCUT2D eigenvalue weighted by molar-refractivity contribution is 9.09. The van der Waals surface area contributed by atoms with Crippen molar-refractivity contribution in [3.8, 4) is 0 Å². The number of benzene rings is 1. The number of halogens is 1. The van der Waals surface area contributed by atoms with Crippen LogP contribution in [0.15, 0.2) is 24.3 Å². The summed E-state index contributed by atoms with van der Waals surface area (Å²) >= 11 is 3.62. The van der Waals surface area contributed by atoms with E-state index in [2.05, 4.69) is 33.4 Å². The molecule has 2 rings (SSSR count). The molecule has 0 radical (unpaired) electrons. The van der Waals surface area contributed by atoms with Crippen LogP contribution in [0, 0.1) is 0 Å². The third kappa shape index (κ3) is 3.05. The highest BCUT2D eigenvalue weighted by Crippen LogP contribution is 2.35. The smallest absolute Gasteiger partial charge is 0.408 e. The van der Waals surface area contributed by atoms with Crippen LogP contribution >= 0.6 is 15.9 Å². The average Bonchev–Trinajstić information content (AvgIpc) is 2.53. The molecule has 0 heterocycles. The van der Waals surface area contributed by atoms with Crippen molar-refractivity contribution in [2.24, 2.45) is 0 Å². The summed E-state index contributed by atoms with van der Waals surface area (Å²) in [5.41, 5.74) is 1.98. The fraction of sp³-hybridized carbons (Fsp3) is 0.500. The van der Waals surface area contributed by atoms with E-state index in [1.807, 2.05) is 32.9 Å². The van der Waals surface area contributed by atoms with Crippen LogP contribution in [-0.4, -0.2) is 16.5 Å². The lowest BCUT2D eigenvalue weighted by Crippen LogP contribution is -2.36. The van der Waals surface area contributed by atoms with Gasteiger partial charge in [0.1, 0.15) is 5.60 Å². The van der Waals surface area contributed by atoms with Gasteiger partial charge in [-0.3, -0.25) is 0 Å². The number of rotatable bonds is 1. The van der Waals surface area contributed by atoms with Crippen LogP contribution in [0.5, 0.6) is 0 Å². The van der Waals surface area contributed by atoms with Crippen molar-refractivity contribution in [2.45, 2.75) is 43.7 Å². The largest absolute Gasteiger partial charge is 0.444 e. The Hall–Kier alpha value is -1.03. The fourth-order valence-corrected chi connectivity index (χ4v) is 2.91. The number of fused-ring (bicyclic) bond motifs is 1. The predicted molar refractivity (Wildman–Crippen MR) is 75.0 cm³/mol. The Kier molecular flexibility index (Phi) is 3.66. The molecule has 3 nitrogen and oxygen atoms in total. The van der Waals surface area contributed by atoms with Crippen molar-refractivity contribution in [1.82, 2.24) is 5.32 Å². The number of carbonyl (C=O) groups is 1. The zero-order chi connectivity index (χ0) is 13.3. The Bertz CT molecular complexity index is 453. The zero-order valence-electron chi connectivity index (χ0n) is 10.9. The van der Waals surface area contributed by atoms with E-state index in [0.29, 0.717) is 0 Å². The molecule has 0 saturated heterocycles. The second-order valence-electron chi connectivity index (χ2n) is 5.54. The van der Waals surface area contributed by atoms with Crippen molar-refractivity contribution in [3.05, 3.63) is 35.4 Å². The van der Waals surface area contributed by atoms with Gasteiger partial charge >= 0.3 is 6.09 Å². The van der Waals surface area contributed by atoms with Crippen LogP contribution in [0.4, 0.5) is 4.79 Å². The summed E-state index contributed by atoms with van der Waals surface area (Å²) in [4.78, 5) is 12.0. The molecule has 1 aliphatic rings. The molecule has 2 unspecified atom stereocenters. The van der Waals surface area contributed by atoms with E-state index in [-0.39, 0.29) is 17.0 Å². The van der Waals surface area contributed by atoms with Gasteiger partial charge in [-0.2, -0.15) is 0 Å². The molecule has 0 fully saturated rings. The number of nitrogens with one attached hydrogen (secondary N) is 1. The van der Waals surface area contributed by atoms with Gasteiger partial charge in [-0.15, -0.1) is 0 Å². The molecule has 0 bridgehead atoms.